The molecule has 1 amide bonds. The van der Waals surface area contributed by atoms with Gasteiger partial charge in [-0.1, -0.05) is 12.1 Å². The highest BCUT2D eigenvalue weighted by Crippen LogP contribution is 2.32. The molecule has 1 aliphatic heterocycles. The highest BCUT2D eigenvalue weighted by atomic mass is 32.2. The van der Waals surface area contributed by atoms with Crippen molar-refractivity contribution in [3.05, 3.63) is 76.0 Å². The number of nitrogens with two attached hydrogens (primary N) is 1. The maximum atomic E-state index is 13.1. The van der Waals surface area contributed by atoms with Gasteiger partial charge in [0.15, 0.2) is 11.5 Å². The number of rotatable bonds is 7. The molecule has 11 heteroatoms. The molecule has 180 valence electrons. The first-order valence-electron chi connectivity index (χ1n) is 10.4. The summed E-state index contributed by atoms with van der Waals surface area (Å²) in [6.07, 6.45) is 1.66. The molecule has 0 radical (unpaired) electrons. The van der Waals surface area contributed by atoms with Crippen LogP contribution in [0.2, 0.25) is 0 Å². The first-order chi connectivity index (χ1) is 16.7. The minimum Gasteiger partial charge on any atom is -0.490 e. The van der Waals surface area contributed by atoms with Crippen LogP contribution in [0.3, 0.4) is 0 Å². The van der Waals surface area contributed by atoms with Crippen molar-refractivity contribution in [2.24, 2.45) is 10.2 Å². The van der Waals surface area contributed by atoms with Crippen LogP contribution in [-0.4, -0.2) is 32.6 Å². The van der Waals surface area contributed by atoms with Crippen LogP contribution < -0.4 is 19.6 Å². The van der Waals surface area contributed by atoms with Gasteiger partial charge < -0.3 is 9.47 Å². The van der Waals surface area contributed by atoms with Crippen LogP contribution >= 0.6 is 11.3 Å². The SMILES string of the molecule is CCOc1cc(/C=C2\C(=O)N(c3ccc(S(N)(=O)=O)cc3)N=C2C)ccc1OC(=O)c1cccs1. The summed E-state index contributed by atoms with van der Waals surface area (Å²) in [6, 6.07) is 14.0. The second-order valence-corrected chi connectivity index (χ2v) is 9.91. The maximum absolute atomic E-state index is 13.1. The zero-order valence-corrected chi connectivity index (χ0v) is 20.4. The predicted octanol–water partition coefficient (Wildman–Crippen LogP) is 3.82. The van der Waals surface area contributed by atoms with Gasteiger partial charge in [0.25, 0.3) is 5.91 Å². The Kier molecular flexibility index (Phi) is 6.83. The van der Waals surface area contributed by atoms with Gasteiger partial charge in [-0.3, -0.25) is 4.79 Å². The van der Waals surface area contributed by atoms with Crippen molar-refractivity contribution >= 4 is 50.7 Å². The normalized spacial score (nSPS) is 14.8. The molecule has 0 atom stereocenters. The molecule has 0 bridgehead atoms. The molecule has 0 unspecified atom stereocenters. The van der Waals surface area contributed by atoms with Crippen LogP contribution in [0.25, 0.3) is 6.08 Å². The number of ether oxygens (including phenoxy) is 2. The van der Waals surface area contributed by atoms with E-state index in [4.69, 9.17) is 14.6 Å². The number of benzene rings is 2. The van der Waals surface area contributed by atoms with Crippen LogP contribution in [0.15, 0.2) is 75.5 Å². The Hall–Kier alpha value is -3.80. The maximum Gasteiger partial charge on any atom is 0.353 e. The number of carbonyl (C=O) groups excluding carboxylic acids is 2. The number of carbonyl (C=O) groups is 2. The number of thiophene rings is 1. The van der Waals surface area contributed by atoms with E-state index < -0.39 is 16.0 Å². The highest BCUT2D eigenvalue weighted by Gasteiger charge is 2.29. The quantitative estimate of drug-likeness (QED) is 0.292. The first-order valence-corrected chi connectivity index (χ1v) is 12.9. The lowest BCUT2D eigenvalue weighted by atomic mass is 10.1. The number of hydrogen-bond acceptors (Lipinski definition) is 8. The lowest BCUT2D eigenvalue weighted by Gasteiger charge is -2.12. The van der Waals surface area contributed by atoms with E-state index in [1.165, 1.54) is 40.6 Å². The molecule has 2 aromatic carbocycles. The first kappa shape index (κ1) is 24.3. The summed E-state index contributed by atoms with van der Waals surface area (Å²) in [4.78, 5) is 25.8. The fourth-order valence-corrected chi connectivity index (χ4v) is 4.43. The number of hydrazone groups is 1. The number of nitrogens with zero attached hydrogens (tertiary/aromatic N) is 2. The molecule has 0 spiro atoms. The van der Waals surface area contributed by atoms with Crippen molar-refractivity contribution in [1.82, 2.24) is 0 Å². The summed E-state index contributed by atoms with van der Waals surface area (Å²) in [7, 11) is -3.85. The molecule has 0 fully saturated rings. The van der Waals surface area contributed by atoms with E-state index in [0.29, 0.717) is 39.8 Å². The van der Waals surface area contributed by atoms with E-state index in [1.54, 1.807) is 48.7 Å². The zero-order valence-electron chi connectivity index (χ0n) is 18.8. The average molecular weight is 512 g/mol. The molecule has 0 saturated heterocycles. The van der Waals surface area contributed by atoms with Crippen molar-refractivity contribution < 1.29 is 27.5 Å². The van der Waals surface area contributed by atoms with Gasteiger partial charge in [0, 0.05) is 0 Å². The van der Waals surface area contributed by atoms with Crippen molar-refractivity contribution in [3.8, 4) is 11.5 Å². The van der Waals surface area contributed by atoms with E-state index in [9.17, 15) is 18.0 Å². The Morgan fingerprint density at radius 2 is 1.89 bits per heavy atom. The third-order valence-electron chi connectivity index (χ3n) is 4.98. The smallest absolute Gasteiger partial charge is 0.353 e. The van der Waals surface area contributed by atoms with Crippen LogP contribution in [0.4, 0.5) is 5.69 Å². The fourth-order valence-electron chi connectivity index (χ4n) is 3.31. The molecule has 0 aliphatic carbocycles. The lowest BCUT2D eigenvalue weighted by Crippen LogP contribution is -2.21. The topological polar surface area (TPSA) is 128 Å². The van der Waals surface area contributed by atoms with E-state index >= 15 is 0 Å². The molecule has 1 aliphatic rings. The average Bonchev–Trinajstić information content (AvgIpc) is 3.45. The number of esters is 1. The Morgan fingerprint density at radius 1 is 1.14 bits per heavy atom. The summed E-state index contributed by atoms with van der Waals surface area (Å²) in [5, 5.41) is 12.4. The van der Waals surface area contributed by atoms with Gasteiger partial charge >= 0.3 is 5.97 Å². The lowest BCUT2D eigenvalue weighted by molar-refractivity contribution is -0.114. The number of anilines is 1. The summed E-state index contributed by atoms with van der Waals surface area (Å²) in [5.74, 6) is -0.226. The van der Waals surface area contributed by atoms with E-state index in [2.05, 4.69) is 5.10 Å². The van der Waals surface area contributed by atoms with Crippen LogP contribution in [-0.2, 0) is 14.8 Å². The van der Waals surface area contributed by atoms with Crippen LogP contribution in [0, 0.1) is 0 Å². The fraction of sp³-hybridized carbons (Fsp3) is 0.125. The molecule has 4 rings (SSSR count). The van der Waals surface area contributed by atoms with Crippen LogP contribution in [0.5, 0.6) is 11.5 Å². The van der Waals surface area contributed by atoms with E-state index in [1.807, 2.05) is 6.92 Å². The van der Waals surface area contributed by atoms with E-state index in [0.717, 1.165) is 0 Å². The van der Waals surface area contributed by atoms with Gasteiger partial charge in [0.1, 0.15) is 4.88 Å². The molecule has 2 heterocycles. The molecule has 0 saturated carbocycles. The van der Waals surface area contributed by atoms with Gasteiger partial charge in [-0.05, 0) is 73.3 Å². The Balaban J connectivity index is 1.59. The summed E-state index contributed by atoms with van der Waals surface area (Å²) in [5.41, 5.74) is 1.88. The van der Waals surface area contributed by atoms with Crippen molar-refractivity contribution in [1.29, 1.82) is 0 Å². The Labute approximate surface area is 206 Å². The van der Waals surface area contributed by atoms with Crippen LogP contribution in [0.1, 0.15) is 29.1 Å². The zero-order chi connectivity index (χ0) is 25.2. The van der Waals surface area contributed by atoms with Gasteiger partial charge in [-0.2, -0.15) is 10.1 Å². The minimum absolute atomic E-state index is 0.0623. The largest absolute Gasteiger partial charge is 0.490 e. The summed E-state index contributed by atoms with van der Waals surface area (Å²) in [6.45, 7) is 3.86. The molecular formula is C24H21N3O6S2. The molecule has 9 nitrogen and oxygen atoms in total. The van der Waals surface area contributed by atoms with Crippen molar-refractivity contribution in [2.45, 2.75) is 18.7 Å². The molecular weight excluding hydrogens is 490 g/mol. The van der Waals surface area contributed by atoms with Gasteiger partial charge in [0.05, 0.1) is 28.5 Å². The van der Waals surface area contributed by atoms with Crippen molar-refractivity contribution in [2.75, 3.05) is 11.6 Å². The highest BCUT2D eigenvalue weighted by molar-refractivity contribution is 7.89. The third kappa shape index (κ3) is 5.32. The van der Waals surface area contributed by atoms with Gasteiger partial charge in [-0.25, -0.2) is 18.4 Å². The predicted molar refractivity (Wildman–Crippen MR) is 133 cm³/mol. The molecule has 1 aromatic heterocycles. The van der Waals surface area contributed by atoms with E-state index in [-0.39, 0.29) is 16.6 Å². The Morgan fingerprint density at radius 3 is 2.51 bits per heavy atom. The molecule has 35 heavy (non-hydrogen) atoms. The van der Waals surface area contributed by atoms with Crippen molar-refractivity contribution in [3.63, 3.8) is 0 Å². The number of primary sulfonamides is 1. The van der Waals surface area contributed by atoms with Gasteiger partial charge in [-0.15, -0.1) is 11.3 Å². The second kappa shape index (κ2) is 9.82. The monoisotopic (exact) mass is 511 g/mol. The third-order valence-corrected chi connectivity index (χ3v) is 6.76. The number of amides is 1. The standard InChI is InChI=1S/C24H21N3O6S2/c1-3-32-21-14-16(6-11-20(21)33-24(29)22-5-4-12-34-22)13-19-15(2)26-27(23(19)28)17-7-9-18(10-8-17)35(25,30)31/h4-14H,3H2,1-2H3,(H2,25,30,31)/b19-13-. The minimum atomic E-state index is -3.85. The molecule has 3 aromatic rings. The Bertz CT molecular complexity index is 1440. The summed E-state index contributed by atoms with van der Waals surface area (Å²) >= 11 is 1.28. The van der Waals surface area contributed by atoms with Gasteiger partial charge in [0.2, 0.25) is 10.0 Å². The second-order valence-electron chi connectivity index (χ2n) is 7.41. The number of hydrogen-bond donors (Lipinski definition) is 1. The molecule has 2 N–H and O–H groups in total. The summed E-state index contributed by atoms with van der Waals surface area (Å²) < 4.78 is 34.1. The number of sulfonamides is 1.